The van der Waals surface area contributed by atoms with E-state index in [0.29, 0.717) is 0 Å². The maximum atomic E-state index is 3.41. The Labute approximate surface area is 89.1 Å². The lowest BCUT2D eigenvalue weighted by Gasteiger charge is -2.10. The molecule has 0 bridgehead atoms. The van der Waals surface area contributed by atoms with E-state index in [1.54, 1.807) is 0 Å². The van der Waals surface area contributed by atoms with Gasteiger partial charge in [0.2, 0.25) is 0 Å². The van der Waals surface area contributed by atoms with Gasteiger partial charge in [-0.05, 0) is 50.2 Å². The summed E-state index contributed by atoms with van der Waals surface area (Å²) in [7, 11) is 0. The van der Waals surface area contributed by atoms with Gasteiger partial charge in [-0.2, -0.15) is 0 Å². The first-order chi connectivity index (χ1) is 6.79. The normalized spacial score (nSPS) is 26.1. The summed E-state index contributed by atoms with van der Waals surface area (Å²) in [6.07, 6.45) is 13.1. The number of allylic oxidation sites excluding steroid dienone is 1. The fourth-order valence-electron chi connectivity index (χ4n) is 2.09. The van der Waals surface area contributed by atoms with Crippen LogP contribution in [0.3, 0.4) is 0 Å². The molecular formula is C14H24. The van der Waals surface area contributed by atoms with Gasteiger partial charge in [-0.25, -0.2) is 0 Å². The monoisotopic (exact) mass is 192 g/mol. The molecule has 0 fully saturated rings. The minimum atomic E-state index is 0.938. The van der Waals surface area contributed by atoms with Gasteiger partial charge >= 0.3 is 0 Å². The van der Waals surface area contributed by atoms with E-state index >= 15 is 0 Å². The molecule has 0 aromatic carbocycles. The molecule has 1 atom stereocenters. The molecule has 14 heavy (non-hydrogen) atoms. The molecule has 0 saturated heterocycles. The predicted octanol–water partition coefficient (Wildman–Crippen LogP) is 4.86. The fourth-order valence-corrected chi connectivity index (χ4v) is 2.09. The van der Waals surface area contributed by atoms with Crippen LogP contribution < -0.4 is 0 Å². The molecule has 0 heteroatoms. The Bertz CT molecular complexity index is 206. The van der Waals surface area contributed by atoms with Crippen LogP contribution in [-0.4, -0.2) is 0 Å². The van der Waals surface area contributed by atoms with E-state index in [0.717, 1.165) is 5.92 Å². The van der Waals surface area contributed by atoms with Gasteiger partial charge in [-0.1, -0.05) is 32.6 Å². The second-order valence-electron chi connectivity index (χ2n) is 4.76. The van der Waals surface area contributed by atoms with Crippen LogP contribution in [-0.2, 0) is 0 Å². The summed E-state index contributed by atoms with van der Waals surface area (Å²) in [5, 5.41) is 0. The zero-order chi connectivity index (χ0) is 10.2. The average Bonchev–Trinajstić information content (AvgIpc) is 2.14. The molecule has 1 rings (SSSR count). The van der Waals surface area contributed by atoms with Crippen molar-refractivity contribution < 1.29 is 0 Å². The molecule has 0 amide bonds. The molecule has 0 N–H and O–H groups in total. The fraction of sp³-hybridized carbons (Fsp3) is 0.786. The Morgan fingerprint density at radius 3 is 2.79 bits per heavy atom. The lowest BCUT2D eigenvalue weighted by Crippen LogP contribution is -1.95. The molecular weight excluding hydrogens is 168 g/mol. The van der Waals surface area contributed by atoms with E-state index in [4.69, 9.17) is 0 Å². The molecule has 1 aliphatic carbocycles. The van der Waals surface area contributed by atoms with Crippen molar-refractivity contribution in [2.24, 2.45) is 5.92 Å². The van der Waals surface area contributed by atoms with Gasteiger partial charge in [0.25, 0.3) is 0 Å². The third-order valence-corrected chi connectivity index (χ3v) is 3.14. The maximum Gasteiger partial charge on any atom is -0.0247 e. The molecule has 0 radical (unpaired) electrons. The summed E-state index contributed by atoms with van der Waals surface area (Å²) < 4.78 is 0. The van der Waals surface area contributed by atoms with Crippen molar-refractivity contribution >= 4 is 0 Å². The van der Waals surface area contributed by atoms with Crippen LogP contribution in [0, 0.1) is 5.92 Å². The van der Waals surface area contributed by atoms with Crippen molar-refractivity contribution in [3.8, 4) is 0 Å². The highest BCUT2D eigenvalue weighted by molar-refractivity contribution is 4.98. The molecule has 1 unspecified atom stereocenters. The molecule has 1 aliphatic rings. The van der Waals surface area contributed by atoms with Gasteiger partial charge in [0.15, 0.2) is 0 Å². The van der Waals surface area contributed by atoms with Crippen LogP contribution in [0.2, 0.25) is 0 Å². The van der Waals surface area contributed by atoms with Crippen LogP contribution >= 0.6 is 0 Å². The number of hydrogen-bond donors (Lipinski definition) is 0. The van der Waals surface area contributed by atoms with Crippen molar-refractivity contribution in [3.05, 3.63) is 17.4 Å². The minimum absolute atomic E-state index is 0.938. The molecule has 80 valence electrons. The number of hydrogen-bond acceptors (Lipinski definition) is 0. The van der Waals surface area contributed by atoms with Crippen molar-refractivity contribution in [1.82, 2.24) is 0 Å². The highest BCUT2D eigenvalue weighted by atomic mass is 14.1. The molecule has 0 aromatic rings. The summed E-state index contributed by atoms with van der Waals surface area (Å²) in [5.74, 6) is 0.938. The largest absolute Gasteiger partial charge is 0.126 e. The van der Waals surface area contributed by atoms with Gasteiger partial charge in [-0.15, -0.1) is 5.73 Å². The Morgan fingerprint density at radius 2 is 1.93 bits per heavy atom. The van der Waals surface area contributed by atoms with Crippen LogP contribution in [0.25, 0.3) is 0 Å². The topological polar surface area (TPSA) is 0 Å². The van der Waals surface area contributed by atoms with Crippen molar-refractivity contribution in [1.29, 1.82) is 0 Å². The van der Waals surface area contributed by atoms with Gasteiger partial charge in [0.1, 0.15) is 0 Å². The first kappa shape index (κ1) is 11.6. The summed E-state index contributed by atoms with van der Waals surface area (Å²) in [4.78, 5) is 0. The van der Waals surface area contributed by atoms with E-state index < -0.39 is 0 Å². The Hall–Kier alpha value is -0.480. The third kappa shape index (κ3) is 5.29. The lowest BCUT2D eigenvalue weighted by molar-refractivity contribution is 0.449. The highest BCUT2D eigenvalue weighted by Crippen LogP contribution is 2.18. The van der Waals surface area contributed by atoms with E-state index in [-0.39, 0.29) is 0 Å². The van der Waals surface area contributed by atoms with Gasteiger partial charge < -0.3 is 0 Å². The molecule has 0 saturated carbocycles. The van der Waals surface area contributed by atoms with Crippen molar-refractivity contribution in [3.63, 3.8) is 0 Å². The second-order valence-corrected chi connectivity index (χ2v) is 4.76. The Kier molecular flexibility index (Phi) is 5.71. The van der Waals surface area contributed by atoms with Crippen molar-refractivity contribution in [2.45, 2.75) is 65.2 Å². The SMILES string of the molecule is CC1=C=CCCCC(C)CCCCC1. The smallest absolute Gasteiger partial charge is 0.0247 e. The highest BCUT2D eigenvalue weighted by Gasteiger charge is 2.02. The molecule has 0 aromatic heterocycles. The first-order valence-electron chi connectivity index (χ1n) is 6.19. The Morgan fingerprint density at radius 1 is 1.14 bits per heavy atom. The van der Waals surface area contributed by atoms with Crippen LogP contribution in [0.15, 0.2) is 17.4 Å². The molecule has 0 heterocycles. The quantitative estimate of drug-likeness (QED) is 0.481. The number of rotatable bonds is 0. The van der Waals surface area contributed by atoms with Crippen LogP contribution in [0.1, 0.15) is 65.2 Å². The molecule has 0 spiro atoms. The van der Waals surface area contributed by atoms with Crippen molar-refractivity contribution in [2.75, 3.05) is 0 Å². The third-order valence-electron chi connectivity index (χ3n) is 3.14. The summed E-state index contributed by atoms with van der Waals surface area (Å²) in [6, 6.07) is 0. The molecule has 0 aliphatic heterocycles. The van der Waals surface area contributed by atoms with E-state index in [1.165, 1.54) is 56.9 Å². The lowest BCUT2D eigenvalue weighted by atomic mass is 9.96. The van der Waals surface area contributed by atoms with Crippen LogP contribution in [0.5, 0.6) is 0 Å². The standard InChI is InChI=1S/C14H24/c1-13-9-5-3-7-11-14(2)12-8-4-6-10-13/h5,14H,3-4,6-8,10-12H2,1-2H3. The van der Waals surface area contributed by atoms with E-state index in [2.05, 4.69) is 25.7 Å². The maximum absolute atomic E-state index is 3.41. The first-order valence-corrected chi connectivity index (χ1v) is 6.19. The second kappa shape index (κ2) is 6.90. The Balaban J connectivity index is 2.42. The van der Waals surface area contributed by atoms with E-state index in [1.807, 2.05) is 0 Å². The zero-order valence-corrected chi connectivity index (χ0v) is 9.81. The van der Waals surface area contributed by atoms with Gasteiger partial charge in [0.05, 0.1) is 0 Å². The summed E-state index contributed by atoms with van der Waals surface area (Å²) in [6.45, 7) is 4.61. The molecule has 0 nitrogen and oxygen atoms in total. The summed E-state index contributed by atoms with van der Waals surface area (Å²) in [5.41, 5.74) is 4.85. The van der Waals surface area contributed by atoms with E-state index in [9.17, 15) is 0 Å². The van der Waals surface area contributed by atoms with Crippen LogP contribution in [0.4, 0.5) is 0 Å². The predicted molar refractivity (Wildman–Crippen MR) is 63.4 cm³/mol. The summed E-state index contributed by atoms with van der Waals surface area (Å²) >= 11 is 0. The van der Waals surface area contributed by atoms with Gasteiger partial charge in [-0.3, -0.25) is 0 Å². The minimum Gasteiger partial charge on any atom is -0.126 e. The van der Waals surface area contributed by atoms with Gasteiger partial charge in [0, 0.05) is 0 Å². The average molecular weight is 192 g/mol. The zero-order valence-electron chi connectivity index (χ0n) is 9.81.